The molecule has 1 aromatic carbocycles. The molecule has 3 rings (SSSR count). The fourth-order valence-corrected chi connectivity index (χ4v) is 3.51. The molecule has 2 aromatic rings. The maximum absolute atomic E-state index is 13.1. The average Bonchev–Trinajstić information content (AvgIpc) is 2.89. The summed E-state index contributed by atoms with van der Waals surface area (Å²) in [7, 11) is 0. The highest BCUT2D eigenvalue weighted by Crippen LogP contribution is 2.29. The maximum atomic E-state index is 13.1. The Morgan fingerprint density at radius 3 is 2.75 bits per heavy atom. The number of aryl methyl sites for hydroxylation is 1. The summed E-state index contributed by atoms with van der Waals surface area (Å²) in [5, 5.41) is 4.93. The first kappa shape index (κ1) is 19.1. The van der Waals surface area contributed by atoms with E-state index in [0.29, 0.717) is 16.8 Å². The summed E-state index contributed by atoms with van der Waals surface area (Å²) >= 11 is 6.07. The molecule has 2 heterocycles. The highest BCUT2D eigenvalue weighted by atomic mass is 35.5. The molecule has 0 unspecified atom stereocenters. The van der Waals surface area contributed by atoms with Crippen LogP contribution < -0.4 is 5.32 Å². The monoisotopic (exact) mass is 370 g/mol. The van der Waals surface area contributed by atoms with Gasteiger partial charge in [0, 0.05) is 28.6 Å². The lowest BCUT2D eigenvalue weighted by atomic mass is 10.0. The highest BCUT2D eigenvalue weighted by molar-refractivity contribution is 6.31. The van der Waals surface area contributed by atoms with Crippen LogP contribution in [0.4, 0.5) is 0 Å². The smallest absolute Gasteiger partial charge is 0.290 e. The molecular formula is C18H24Cl2N2O2. The van der Waals surface area contributed by atoms with Crippen molar-refractivity contribution >= 4 is 40.9 Å². The van der Waals surface area contributed by atoms with Crippen LogP contribution in [0.1, 0.15) is 42.3 Å². The number of furan rings is 1. The number of hydrogen-bond acceptors (Lipinski definition) is 3. The molecule has 1 N–H and O–H groups in total. The van der Waals surface area contributed by atoms with Crippen LogP contribution in [0.3, 0.4) is 0 Å². The van der Waals surface area contributed by atoms with Crippen LogP contribution >= 0.6 is 24.0 Å². The van der Waals surface area contributed by atoms with Crippen LogP contribution in [0.2, 0.25) is 5.02 Å². The molecule has 0 aliphatic carbocycles. The van der Waals surface area contributed by atoms with E-state index in [1.54, 1.807) is 6.07 Å². The minimum Gasteiger partial charge on any atom is -0.451 e. The number of halogens is 2. The number of rotatable bonds is 4. The summed E-state index contributed by atoms with van der Waals surface area (Å²) < 4.78 is 5.87. The zero-order valence-electron chi connectivity index (χ0n) is 14.1. The van der Waals surface area contributed by atoms with Gasteiger partial charge in [-0.15, -0.1) is 12.4 Å². The molecule has 0 radical (unpaired) electrons. The Morgan fingerprint density at radius 1 is 1.38 bits per heavy atom. The van der Waals surface area contributed by atoms with Crippen LogP contribution in [0, 0.1) is 6.92 Å². The predicted molar refractivity (Wildman–Crippen MR) is 100 cm³/mol. The van der Waals surface area contributed by atoms with Crippen LogP contribution in [0.25, 0.3) is 11.0 Å². The van der Waals surface area contributed by atoms with Gasteiger partial charge in [0.25, 0.3) is 5.91 Å². The topological polar surface area (TPSA) is 45.5 Å². The molecule has 24 heavy (non-hydrogen) atoms. The lowest BCUT2D eigenvalue weighted by molar-refractivity contribution is 0.0611. The molecule has 1 saturated heterocycles. The number of carbonyl (C=O) groups excluding carboxylic acids is 1. The van der Waals surface area contributed by atoms with Crippen LogP contribution in [-0.2, 0) is 0 Å². The first-order valence-corrected chi connectivity index (χ1v) is 8.70. The number of nitrogens with zero attached hydrogens (tertiary/aromatic N) is 1. The molecule has 0 saturated carbocycles. The van der Waals surface area contributed by atoms with Crippen LogP contribution in [0.15, 0.2) is 22.6 Å². The van der Waals surface area contributed by atoms with E-state index < -0.39 is 0 Å². The summed E-state index contributed by atoms with van der Waals surface area (Å²) in [4.78, 5) is 15.1. The van der Waals surface area contributed by atoms with Crippen molar-refractivity contribution in [3.63, 3.8) is 0 Å². The number of hydrogen-bond donors (Lipinski definition) is 1. The number of nitrogens with one attached hydrogen (secondary N) is 1. The Balaban J connectivity index is 0.00000208. The van der Waals surface area contributed by atoms with E-state index in [4.69, 9.17) is 16.0 Å². The van der Waals surface area contributed by atoms with Crippen molar-refractivity contribution in [2.24, 2.45) is 0 Å². The van der Waals surface area contributed by atoms with Gasteiger partial charge in [0.05, 0.1) is 0 Å². The van der Waals surface area contributed by atoms with Gasteiger partial charge in [0.15, 0.2) is 5.76 Å². The lowest BCUT2D eigenvalue weighted by Gasteiger charge is -2.34. The van der Waals surface area contributed by atoms with Crippen molar-refractivity contribution in [1.82, 2.24) is 10.2 Å². The Morgan fingerprint density at radius 2 is 2.08 bits per heavy atom. The van der Waals surface area contributed by atoms with Gasteiger partial charge in [-0.3, -0.25) is 4.79 Å². The zero-order chi connectivity index (χ0) is 16.4. The summed E-state index contributed by atoms with van der Waals surface area (Å²) in [5.74, 6) is 0.456. The van der Waals surface area contributed by atoms with Crippen molar-refractivity contribution in [2.45, 2.75) is 39.2 Å². The largest absolute Gasteiger partial charge is 0.451 e. The minimum absolute atomic E-state index is 0. The van der Waals surface area contributed by atoms with Crippen LogP contribution in [-0.4, -0.2) is 36.5 Å². The molecule has 0 spiro atoms. The average molecular weight is 371 g/mol. The third-order valence-corrected chi connectivity index (χ3v) is 4.80. The van der Waals surface area contributed by atoms with Gasteiger partial charge >= 0.3 is 0 Å². The lowest BCUT2D eigenvalue weighted by Crippen LogP contribution is -2.46. The second-order valence-electron chi connectivity index (χ2n) is 6.18. The number of piperidine rings is 1. The van der Waals surface area contributed by atoms with E-state index >= 15 is 0 Å². The van der Waals surface area contributed by atoms with Crippen molar-refractivity contribution in [1.29, 1.82) is 0 Å². The molecule has 0 bridgehead atoms. The molecule has 6 heteroatoms. The Kier molecular flexibility index (Phi) is 6.55. The second kappa shape index (κ2) is 8.24. The van der Waals surface area contributed by atoms with Crippen molar-refractivity contribution in [2.75, 3.05) is 19.6 Å². The SMILES string of the molecule is CCCN(C(=O)c1oc2ccc(Cl)cc2c1C)C1CCNCC1.Cl. The van der Waals surface area contributed by atoms with Gasteiger partial charge in [-0.2, -0.15) is 0 Å². The summed E-state index contributed by atoms with van der Waals surface area (Å²) in [6.07, 6.45) is 2.94. The molecule has 132 valence electrons. The van der Waals surface area contributed by atoms with Gasteiger partial charge < -0.3 is 14.6 Å². The molecule has 1 amide bonds. The third-order valence-electron chi connectivity index (χ3n) is 4.57. The number of amides is 1. The van der Waals surface area contributed by atoms with E-state index in [9.17, 15) is 4.79 Å². The Labute approximate surface area is 153 Å². The van der Waals surface area contributed by atoms with Gasteiger partial charge in [-0.25, -0.2) is 0 Å². The summed E-state index contributed by atoms with van der Waals surface area (Å²) in [5.41, 5.74) is 1.60. The van der Waals surface area contributed by atoms with E-state index in [2.05, 4.69) is 12.2 Å². The molecule has 1 aliphatic heterocycles. The van der Waals surface area contributed by atoms with E-state index in [0.717, 1.165) is 55.4 Å². The van der Waals surface area contributed by atoms with Crippen LogP contribution in [0.5, 0.6) is 0 Å². The fraction of sp³-hybridized carbons (Fsp3) is 0.500. The van der Waals surface area contributed by atoms with E-state index in [1.807, 2.05) is 24.0 Å². The molecule has 1 aliphatic rings. The van der Waals surface area contributed by atoms with Crippen molar-refractivity contribution in [3.8, 4) is 0 Å². The second-order valence-corrected chi connectivity index (χ2v) is 6.61. The standard InChI is InChI=1S/C18H23ClN2O2.ClH/c1-3-10-21(14-6-8-20-9-7-14)18(22)17-12(2)15-11-13(19)4-5-16(15)23-17;/h4-5,11,14,20H,3,6-10H2,1-2H3;1H. The third kappa shape index (κ3) is 3.71. The minimum atomic E-state index is 0. The molecular weight excluding hydrogens is 347 g/mol. The van der Waals surface area contributed by atoms with Gasteiger partial charge in [-0.05, 0) is 57.5 Å². The molecule has 0 atom stereocenters. The van der Waals surface area contributed by atoms with Gasteiger partial charge in [0.1, 0.15) is 5.58 Å². The molecule has 4 nitrogen and oxygen atoms in total. The predicted octanol–water partition coefficient (Wildman–Crippen LogP) is 4.42. The van der Waals surface area contributed by atoms with Gasteiger partial charge in [-0.1, -0.05) is 18.5 Å². The van der Waals surface area contributed by atoms with Gasteiger partial charge in [0.2, 0.25) is 0 Å². The number of benzene rings is 1. The zero-order valence-corrected chi connectivity index (χ0v) is 15.7. The Bertz CT molecular complexity index is 708. The fourth-order valence-electron chi connectivity index (χ4n) is 3.34. The maximum Gasteiger partial charge on any atom is 0.290 e. The van der Waals surface area contributed by atoms with Crippen molar-refractivity contribution in [3.05, 3.63) is 34.5 Å². The first-order valence-electron chi connectivity index (χ1n) is 8.32. The Hall–Kier alpha value is -1.23. The van der Waals surface area contributed by atoms with E-state index in [-0.39, 0.29) is 18.3 Å². The summed E-state index contributed by atoms with van der Waals surface area (Å²) in [6, 6.07) is 5.77. The normalized spacial score (nSPS) is 15.3. The molecule has 1 fully saturated rings. The van der Waals surface area contributed by atoms with E-state index in [1.165, 1.54) is 0 Å². The first-order chi connectivity index (χ1) is 11.1. The number of carbonyl (C=O) groups is 1. The highest BCUT2D eigenvalue weighted by Gasteiger charge is 2.29. The number of fused-ring (bicyclic) bond motifs is 1. The summed E-state index contributed by atoms with van der Waals surface area (Å²) in [6.45, 7) is 6.73. The van der Waals surface area contributed by atoms with Crippen molar-refractivity contribution < 1.29 is 9.21 Å². The quantitative estimate of drug-likeness (QED) is 0.865. The molecule has 1 aromatic heterocycles.